The first-order chi connectivity index (χ1) is 17.2. The molecule has 3 aromatic heterocycles. The van der Waals surface area contributed by atoms with E-state index in [4.69, 9.17) is 26.8 Å². The van der Waals surface area contributed by atoms with Gasteiger partial charge in [-0.1, -0.05) is 23.7 Å². The number of fused-ring (bicyclic) bond motifs is 2. The van der Waals surface area contributed by atoms with Crippen LogP contribution in [-0.2, 0) is 6.42 Å². The van der Waals surface area contributed by atoms with Crippen molar-refractivity contribution in [3.8, 4) is 0 Å². The van der Waals surface area contributed by atoms with E-state index in [1.807, 2.05) is 12.3 Å². The molecule has 9 heteroatoms. The van der Waals surface area contributed by atoms with Gasteiger partial charge in [0.1, 0.15) is 17.1 Å². The first-order valence-electron chi connectivity index (χ1n) is 12.7. The smallest absolute Gasteiger partial charge is 0.223 e. The van der Waals surface area contributed by atoms with Crippen LogP contribution < -0.4 is 5.32 Å². The van der Waals surface area contributed by atoms with Gasteiger partial charge < -0.3 is 20.1 Å². The van der Waals surface area contributed by atoms with Crippen LogP contribution in [0.1, 0.15) is 64.0 Å². The molecule has 4 aromatic rings. The number of aromatic nitrogens is 5. The molecule has 2 aliphatic rings. The Bertz CT molecular complexity index is 1340. The summed E-state index contributed by atoms with van der Waals surface area (Å²) in [7, 11) is 0. The van der Waals surface area contributed by atoms with Gasteiger partial charge in [0.25, 0.3) is 0 Å². The lowest BCUT2D eigenvalue weighted by atomic mass is 9.97. The molecule has 0 aliphatic heterocycles. The van der Waals surface area contributed by atoms with Gasteiger partial charge in [-0.2, -0.15) is 0 Å². The third-order valence-corrected chi connectivity index (χ3v) is 7.07. The summed E-state index contributed by atoms with van der Waals surface area (Å²) in [5, 5.41) is 22.1. The van der Waals surface area contributed by atoms with Crippen molar-refractivity contribution in [3.05, 3.63) is 53.7 Å². The van der Waals surface area contributed by atoms with Crippen LogP contribution in [0.3, 0.4) is 0 Å². The van der Waals surface area contributed by atoms with Gasteiger partial charge >= 0.3 is 0 Å². The van der Waals surface area contributed by atoms with E-state index < -0.39 is 5.79 Å². The minimum Gasteiger partial charge on any atom is -0.366 e. The highest BCUT2D eigenvalue weighted by Crippen LogP contribution is 2.39. The monoisotopic (exact) mass is 508 g/mol. The number of halogens is 1. The fourth-order valence-corrected chi connectivity index (χ4v) is 5.06. The van der Waals surface area contributed by atoms with Gasteiger partial charge in [0.05, 0.1) is 10.9 Å². The maximum atomic E-state index is 8.08. The third-order valence-electron chi connectivity index (χ3n) is 6.77. The summed E-state index contributed by atoms with van der Waals surface area (Å²) >= 11 is 6.22. The molecule has 3 heterocycles. The summed E-state index contributed by atoms with van der Waals surface area (Å²) in [6.07, 6.45) is 14.0. The standard InChI is InChI=1S/C24H25ClN6.C3H8O2/c25-22-20-9-10-31(23(20)28-14-27-22)19-8-4-15(11-19)1-2-16-3-5-17-13-26-24(29-18-6-7-18)30-21(17)12-16;1-3(2,4)5/h3,5,9-10,12-15,18-19H,1-2,4,6-8,11H2,(H,26,29,30);4-5H,1-2H3. The molecule has 1 aromatic carbocycles. The molecule has 2 atom stereocenters. The van der Waals surface area contributed by atoms with E-state index in [1.54, 1.807) is 6.33 Å². The van der Waals surface area contributed by atoms with Crippen molar-refractivity contribution in [1.29, 1.82) is 0 Å². The van der Waals surface area contributed by atoms with Crippen LogP contribution in [0.4, 0.5) is 5.95 Å². The van der Waals surface area contributed by atoms with Crippen LogP contribution in [0.5, 0.6) is 0 Å². The van der Waals surface area contributed by atoms with Crippen molar-refractivity contribution >= 4 is 39.5 Å². The Balaban J connectivity index is 0.000000489. The van der Waals surface area contributed by atoms with Crippen LogP contribution in [0, 0.1) is 5.92 Å². The predicted molar refractivity (Wildman–Crippen MR) is 142 cm³/mol. The number of rotatable bonds is 6. The van der Waals surface area contributed by atoms with Gasteiger partial charge in [0.15, 0.2) is 5.79 Å². The van der Waals surface area contributed by atoms with Crippen molar-refractivity contribution in [2.75, 3.05) is 5.32 Å². The fraction of sp³-hybridized carbons (Fsp3) is 0.481. The molecule has 0 saturated heterocycles. The van der Waals surface area contributed by atoms with E-state index in [9.17, 15) is 0 Å². The molecule has 2 aliphatic carbocycles. The van der Waals surface area contributed by atoms with Crippen LogP contribution in [0.25, 0.3) is 21.9 Å². The second kappa shape index (κ2) is 10.3. The van der Waals surface area contributed by atoms with Gasteiger partial charge in [0, 0.05) is 29.9 Å². The van der Waals surface area contributed by atoms with E-state index in [2.05, 4.69) is 49.2 Å². The van der Waals surface area contributed by atoms with Gasteiger partial charge in [-0.3, -0.25) is 0 Å². The third kappa shape index (κ3) is 6.30. The molecule has 2 unspecified atom stereocenters. The predicted octanol–water partition coefficient (Wildman–Crippen LogP) is 5.28. The van der Waals surface area contributed by atoms with E-state index in [1.165, 1.54) is 57.9 Å². The molecule has 2 saturated carbocycles. The number of benzene rings is 1. The van der Waals surface area contributed by atoms with Crippen LogP contribution in [-0.4, -0.2) is 46.5 Å². The number of nitrogens with one attached hydrogen (secondary N) is 1. The minimum atomic E-state index is -1.50. The first-order valence-corrected chi connectivity index (χ1v) is 13.0. The van der Waals surface area contributed by atoms with Gasteiger partial charge in [0.2, 0.25) is 5.95 Å². The Morgan fingerprint density at radius 3 is 2.67 bits per heavy atom. The second-order valence-corrected chi connectivity index (χ2v) is 10.9. The maximum absolute atomic E-state index is 8.08. The molecule has 0 amide bonds. The molecule has 3 N–H and O–H groups in total. The highest BCUT2D eigenvalue weighted by atomic mass is 35.5. The lowest BCUT2D eigenvalue weighted by Crippen LogP contribution is -2.15. The lowest BCUT2D eigenvalue weighted by molar-refractivity contribution is -0.127. The summed E-state index contributed by atoms with van der Waals surface area (Å²) < 4.78 is 2.30. The summed E-state index contributed by atoms with van der Waals surface area (Å²) in [5.74, 6) is -0.0124. The molecule has 2 fully saturated rings. The average molecular weight is 509 g/mol. The average Bonchev–Trinajstić information content (AvgIpc) is 3.33. The summed E-state index contributed by atoms with van der Waals surface area (Å²) in [6, 6.07) is 9.71. The number of nitrogens with zero attached hydrogens (tertiary/aromatic N) is 5. The number of aryl methyl sites for hydroxylation is 1. The molecule has 190 valence electrons. The van der Waals surface area contributed by atoms with Gasteiger partial charge in [-0.15, -0.1) is 0 Å². The Kier molecular flexibility index (Phi) is 7.10. The topological polar surface area (TPSA) is 109 Å². The first kappa shape index (κ1) is 24.9. The molecular weight excluding hydrogens is 476 g/mol. The minimum absolute atomic E-state index is 0.494. The normalized spacial score (nSPS) is 19.9. The molecule has 8 nitrogen and oxygen atoms in total. The summed E-state index contributed by atoms with van der Waals surface area (Å²) in [4.78, 5) is 17.7. The van der Waals surface area contributed by atoms with E-state index in [0.717, 1.165) is 40.2 Å². The Labute approximate surface area is 215 Å². The van der Waals surface area contributed by atoms with Crippen molar-refractivity contribution in [2.24, 2.45) is 5.92 Å². The number of hydrogen-bond acceptors (Lipinski definition) is 7. The number of hydrogen-bond donors (Lipinski definition) is 3. The van der Waals surface area contributed by atoms with Crippen molar-refractivity contribution in [3.63, 3.8) is 0 Å². The maximum Gasteiger partial charge on any atom is 0.223 e. The molecular formula is C27H33ClN6O2. The largest absolute Gasteiger partial charge is 0.366 e. The molecule has 0 spiro atoms. The SMILES string of the molecule is CC(C)(O)O.Clc1ncnc2c1ccn2C1CCC(CCc2ccc3cnc(NC4CC4)nc3c2)C1. The quantitative estimate of drug-likeness (QED) is 0.240. The zero-order chi connectivity index (χ0) is 25.3. The molecule has 0 radical (unpaired) electrons. The Morgan fingerprint density at radius 1 is 1.08 bits per heavy atom. The lowest BCUT2D eigenvalue weighted by Gasteiger charge is -2.14. The van der Waals surface area contributed by atoms with Crippen LogP contribution in [0.15, 0.2) is 43.0 Å². The van der Waals surface area contributed by atoms with E-state index in [-0.39, 0.29) is 0 Å². The zero-order valence-electron chi connectivity index (χ0n) is 20.7. The molecule has 0 bridgehead atoms. The highest BCUT2D eigenvalue weighted by molar-refractivity contribution is 6.33. The Morgan fingerprint density at radius 2 is 1.89 bits per heavy atom. The van der Waals surface area contributed by atoms with Crippen LogP contribution in [0.2, 0.25) is 5.15 Å². The van der Waals surface area contributed by atoms with E-state index >= 15 is 0 Å². The Hall–Kier alpha value is -2.81. The highest BCUT2D eigenvalue weighted by Gasteiger charge is 2.27. The van der Waals surface area contributed by atoms with E-state index in [0.29, 0.717) is 17.2 Å². The van der Waals surface area contributed by atoms with Crippen molar-refractivity contribution < 1.29 is 10.2 Å². The van der Waals surface area contributed by atoms with Crippen molar-refractivity contribution in [1.82, 2.24) is 24.5 Å². The van der Waals surface area contributed by atoms with Crippen LogP contribution >= 0.6 is 11.6 Å². The summed E-state index contributed by atoms with van der Waals surface area (Å²) in [6.45, 7) is 2.60. The fourth-order valence-electron chi connectivity index (χ4n) is 4.87. The van der Waals surface area contributed by atoms with Crippen molar-refractivity contribution in [2.45, 2.75) is 76.7 Å². The number of aliphatic hydroxyl groups is 2. The molecule has 36 heavy (non-hydrogen) atoms. The molecule has 6 rings (SSSR count). The second-order valence-electron chi connectivity index (χ2n) is 10.5. The van der Waals surface area contributed by atoms with Gasteiger partial charge in [-0.25, -0.2) is 19.9 Å². The van der Waals surface area contributed by atoms with Gasteiger partial charge in [-0.05, 0) is 82.4 Å². The summed E-state index contributed by atoms with van der Waals surface area (Å²) in [5.41, 5.74) is 3.35. The zero-order valence-corrected chi connectivity index (χ0v) is 21.5. The number of anilines is 1.